The molecule has 2 aromatic rings. The first-order valence-corrected chi connectivity index (χ1v) is 11.3. The van der Waals surface area contributed by atoms with Gasteiger partial charge in [-0.15, -0.1) is 0 Å². The second-order valence-corrected chi connectivity index (χ2v) is 9.10. The molecule has 3 N–H and O–H groups in total. The number of likely N-dealkylation sites (N-methyl/N-ethyl adjacent to an activating group) is 1. The Morgan fingerprint density at radius 2 is 1.94 bits per heavy atom. The topological polar surface area (TPSA) is 99.5 Å². The van der Waals surface area contributed by atoms with Crippen LogP contribution in [0.5, 0.6) is 0 Å². The number of nitrogens with zero attached hydrogens (tertiary/aromatic N) is 3. The van der Waals surface area contributed by atoms with Crippen molar-refractivity contribution in [2.45, 2.75) is 54.0 Å². The lowest BCUT2D eigenvalue weighted by Gasteiger charge is -2.19. The summed E-state index contributed by atoms with van der Waals surface area (Å²) in [7, 11) is 0. The number of hydroxylamine groups is 1. The van der Waals surface area contributed by atoms with Gasteiger partial charge in [0.2, 0.25) is 5.91 Å². The first-order valence-electron chi connectivity index (χ1n) is 11.3. The molecule has 1 heterocycles. The molecule has 1 aromatic heterocycles. The summed E-state index contributed by atoms with van der Waals surface area (Å²) in [5, 5.41) is 11.7. The van der Waals surface area contributed by atoms with Crippen LogP contribution in [0.2, 0.25) is 0 Å². The third-order valence-electron chi connectivity index (χ3n) is 5.28. The maximum Gasteiger partial charge on any atom is 0.267 e. The van der Waals surface area contributed by atoms with E-state index in [2.05, 4.69) is 49.4 Å². The molecule has 0 saturated carbocycles. The summed E-state index contributed by atoms with van der Waals surface area (Å²) in [6, 6.07) is 5.85. The van der Waals surface area contributed by atoms with Crippen molar-refractivity contribution < 1.29 is 14.8 Å². The van der Waals surface area contributed by atoms with Gasteiger partial charge in [0.05, 0.1) is 11.0 Å². The minimum Gasteiger partial charge on any atom is -0.356 e. The van der Waals surface area contributed by atoms with Crippen molar-refractivity contribution in [2.24, 2.45) is 5.41 Å². The Balaban J connectivity index is 2.23. The Bertz CT molecular complexity index is 939. The molecule has 2 amide bonds. The average Bonchev–Trinajstić information content (AvgIpc) is 3.08. The highest BCUT2D eigenvalue weighted by atomic mass is 16.5. The number of carbonyl (C=O) groups is 2. The van der Waals surface area contributed by atoms with Crippen molar-refractivity contribution in [3.63, 3.8) is 0 Å². The smallest absolute Gasteiger partial charge is 0.267 e. The van der Waals surface area contributed by atoms with Crippen LogP contribution in [0.1, 0.15) is 52.4 Å². The van der Waals surface area contributed by atoms with Gasteiger partial charge in [0.1, 0.15) is 5.82 Å². The fraction of sp³-hybridized carbons (Fsp3) is 0.542. The second-order valence-electron chi connectivity index (χ2n) is 9.10. The van der Waals surface area contributed by atoms with Gasteiger partial charge in [0.25, 0.3) is 5.91 Å². The zero-order valence-corrected chi connectivity index (χ0v) is 19.9. The highest BCUT2D eigenvalue weighted by Gasteiger charge is 2.16. The molecule has 8 nitrogen and oxygen atoms in total. The predicted molar refractivity (Wildman–Crippen MR) is 127 cm³/mol. The number of carbonyl (C=O) groups excluding carboxylic acids is 2. The molecule has 0 bridgehead atoms. The van der Waals surface area contributed by atoms with Gasteiger partial charge in [-0.3, -0.25) is 14.8 Å². The number of imidazole rings is 1. The van der Waals surface area contributed by atoms with Crippen LogP contribution in [-0.4, -0.2) is 57.7 Å². The Morgan fingerprint density at radius 1 is 1.22 bits per heavy atom. The first-order chi connectivity index (χ1) is 15.2. The molecule has 0 aliphatic carbocycles. The molecule has 0 saturated heterocycles. The first kappa shape index (κ1) is 25.5. The number of hydrogen-bond acceptors (Lipinski definition) is 5. The van der Waals surface area contributed by atoms with Crippen molar-refractivity contribution in [1.29, 1.82) is 0 Å². The monoisotopic (exact) mass is 443 g/mol. The molecule has 176 valence electrons. The van der Waals surface area contributed by atoms with Crippen LogP contribution < -0.4 is 10.8 Å². The van der Waals surface area contributed by atoms with Crippen molar-refractivity contribution >= 4 is 28.9 Å². The van der Waals surface area contributed by atoms with Gasteiger partial charge in [-0.2, -0.15) is 0 Å². The third kappa shape index (κ3) is 7.76. The lowest BCUT2D eigenvalue weighted by Crippen LogP contribution is -2.30. The number of rotatable bonds is 11. The van der Waals surface area contributed by atoms with Gasteiger partial charge in [-0.25, -0.2) is 10.5 Å². The summed E-state index contributed by atoms with van der Waals surface area (Å²) >= 11 is 0. The van der Waals surface area contributed by atoms with Crippen LogP contribution in [0.15, 0.2) is 24.3 Å². The van der Waals surface area contributed by atoms with Gasteiger partial charge in [-0.05, 0) is 42.3 Å². The molecule has 0 unspecified atom stereocenters. The van der Waals surface area contributed by atoms with E-state index < -0.39 is 5.91 Å². The molecule has 0 radical (unpaired) electrons. The van der Waals surface area contributed by atoms with Gasteiger partial charge in [0, 0.05) is 38.6 Å². The van der Waals surface area contributed by atoms with Gasteiger partial charge < -0.3 is 14.8 Å². The molecule has 32 heavy (non-hydrogen) atoms. The molecular weight excluding hydrogens is 406 g/mol. The normalized spacial score (nSPS) is 12.1. The summed E-state index contributed by atoms with van der Waals surface area (Å²) in [4.78, 5) is 30.7. The SMILES string of the molecule is CCN(CC)CCn1c(CCNC(=O)CC(C)(C)C)nc2cc(C=CC(=O)NO)ccc21. The van der Waals surface area contributed by atoms with E-state index in [9.17, 15) is 9.59 Å². The molecule has 0 aliphatic heterocycles. The summed E-state index contributed by atoms with van der Waals surface area (Å²) in [6.07, 6.45) is 4.03. The highest BCUT2D eigenvalue weighted by molar-refractivity contribution is 5.91. The number of fused-ring (bicyclic) bond motifs is 1. The van der Waals surface area contributed by atoms with Gasteiger partial charge in [-0.1, -0.05) is 40.7 Å². The quantitative estimate of drug-likeness (QED) is 0.282. The maximum atomic E-state index is 12.2. The lowest BCUT2D eigenvalue weighted by molar-refractivity contribution is -0.124. The minimum atomic E-state index is -0.582. The van der Waals surface area contributed by atoms with Gasteiger partial charge in [0.15, 0.2) is 0 Å². The van der Waals surface area contributed by atoms with Crippen molar-refractivity contribution in [1.82, 2.24) is 25.2 Å². The third-order valence-corrected chi connectivity index (χ3v) is 5.28. The standard InChI is InChI=1S/C24H37N5O3/c1-6-28(7-2)14-15-29-20-10-8-18(9-11-22(30)27-32)16-19(20)26-21(29)12-13-25-23(31)17-24(3,4)5/h8-11,16,32H,6-7,12-15,17H2,1-5H3,(H,25,31)(H,27,30). The van der Waals surface area contributed by atoms with E-state index >= 15 is 0 Å². The van der Waals surface area contributed by atoms with E-state index in [1.165, 1.54) is 6.08 Å². The zero-order valence-electron chi connectivity index (χ0n) is 19.9. The molecule has 0 aliphatic rings. The van der Waals surface area contributed by atoms with Crippen LogP contribution in [-0.2, 0) is 22.6 Å². The van der Waals surface area contributed by atoms with E-state index in [0.717, 1.165) is 48.6 Å². The Morgan fingerprint density at radius 3 is 2.56 bits per heavy atom. The second kappa shape index (κ2) is 11.8. The summed E-state index contributed by atoms with van der Waals surface area (Å²) < 4.78 is 2.22. The molecule has 8 heteroatoms. The van der Waals surface area contributed by atoms with Crippen molar-refractivity contribution in [3.05, 3.63) is 35.7 Å². The number of hydrogen-bond donors (Lipinski definition) is 3. The molecule has 0 spiro atoms. The number of amides is 2. The highest BCUT2D eigenvalue weighted by Crippen LogP contribution is 2.20. The van der Waals surface area contributed by atoms with Crippen LogP contribution in [0.25, 0.3) is 17.1 Å². The molecule has 1 aromatic carbocycles. The molecular formula is C24H37N5O3. The van der Waals surface area contributed by atoms with E-state index in [1.54, 1.807) is 11.6 Å². The fourth-order valence-electron chi connectivity index (χ4n) is 3.59. The Hall–Kier alpha value is -2.71. The number of benzene rings is 1. The molecule has 2 rings (SSSR count). The Kier molecular flexibility index (Phi) is 9.41. The van der Waals surface area contributed by atoms with E-state index in [4.69, 9.17) is 10.2 Å². The predicted octanol–water partition coefficient (Wildman–Crippen LogP) is 2.99. The van der Waals surface area contributed by atoms with E-state index in [-0.39, 0.29) is 11.3 Å². The largest absolute Gasteiger partial charge is 0.356 e. The van der Waals surface area contributed by atoms with Crippen LogP contribution in [0, 0.1) is 5.41 Å². The maximum absolute atomic E-state index is 12.2. The average molecular weight is 444 g/mol. The number of nitrogens with one attached hydrogen (secondary N) is 2. The van der Waals surface area contributed by atoms with Gasteiger partial charge >= 0.3 is 0 Å². The van der Waals surface area contributed by atoms with E-state index in [0.29, 0.717) is 19.4 Å². The molecule has 0 fully saturated rings. The van der Waals surface area contributed by atoms with E-state index in [1.807, 2.05) is 18.2 Å². The minimum absolute atomic E-state index is 0.0438. The van der Waals surface area contributed by atoms with Crippen LogP contribution in [0.4, 0.5) is 0 Å². The summed E-state index contributed by atoms with van der Waals surface area (Å²) in [5.74, 6) is 0.400. The Labute approximate surface area is 190 Å². The molecule has 0 atom stereocenters. The fourth-order valence-corrected chi connectivity index (χ4v) is 3.59. The van der Waals surface area contributed by atoms with Crippen molar-refractivity contribution in [3.8, 4) is 0 Å². The van der Waals surface area contributed by atoms with Crippen LogP contribution >= 0.6 is 0 Å². The lowest BCUT2D eigenvalue weighted by atomic mass is 9.92. The summed E-state index contributed by atoms with van der Waals surface area (Å²) in [6.45, 7) is 14.7. The number of aromatic nitrogens is 2. The zero-order chi connectivity index (χ0) is 23.7. The summed E-state index contributed by atoms with van der Waals surface area (Å²) in [5.41, 5.74) is 4.23. The van der Waals surface area contributed by atoms with Crippen LogP contribution in [0.3, 0.4) is 0 Å². The van der Waals surface area contributed by atoms with Crippen molar-refractivity contribution in [2.75, 3.05) is 26.2 Å².